The van der Waals surface area contributed by atoms with E-state index in [0.29, 0.717) is 13.2 Å². The van der Waals surface area contributed by atoms with E-state index in [2.05, 4.69) is 15.9 Å². The number of amides is 1. The molecule has 0 saturated heterocycles. The molecular weight excluding hydrogens is 326 g/mol. The number of carbonyl (C=O) groups excluding carboxylic acids is 1. The Labute approximate surface area is 123 Å². The summed E-state index contributed by atoms with van der Waals surface area (Å²) in [4.78, 5) is 15.1. The van der Waals surface area contributed by atoms with Gasteiger partial charge in [0.25, 0.3) is 5.91 Å². The monoisotopic (exact) mass is 337 g/mol. The Balaban J connectivity index is 1.98. The zero-order valence-corrected chi connectivity index (χ0v) is 12.5. The van der Waals surface area contributed by atoms with Gasteiger partial charge >= 0.3 is 0 Å². The van der Waals surface area contributed by atoms with Crippen LogP contribution in [-0.4, -0.2) is 19.1 Å². The largest absolute Gasteiger partial charge is 0.491 e. The van der Waals surface area contributed by atoms with Crippen molar-refractivity contribution < 1.29 is 9.53 Å². The van der Waals surface area contributed by atoms with Crippen molar-refractivity contribution in [2.75, 3.05) is 18.1 Å². The third-order valence-corrected chi connectivity index (χ3v) is 4.58. The van der Waals surface area contributed by atoms with Crippen molar-refractivity contribution in [1.82, 2.24) is 0 Å². The van der Waals surface area contributed by atoms with Crippen molar-refractivity contribution in [2.24, 2.45) is 0 Å². The number of nitrogens with zero attached hydrogens (tertiary/aromatic N) is 1. The fourth-order valence-electron chi connectivity index (χ4n) is 2.10. The molecule has 0 fully saturated rings. The third kappa shape index (κ3) is 2.53. The summed E-state index contributed by atoms with van der Waals surface area (Å²) >= 11 is 4.85. The summed E-state index contributed by atoms with van der Waals surface area (Å²) in [7, 11) is 0. The van der Waals surface area contributed by atoms with E-state index in [1.54, 1.807) is 4.90 Å². The molecule has 1 aromatic heterocycles. The molecule has 2 heterocycles. The highest BCUT2D eigenvalue weighted by Gasteiger charge is 2.23. The molecule has 1 aliphatic rings. The number of halogens is 1. The van der Waals surface area contributed by atoms with Crippen LogP contribution < -0.4 is 9.64 Å². The van der Waals surface area contributed by atoms with Gasteiger partial charge in [-0.05, 0) is 46.6 Å². The Bertz CT molecular complexity index is 611. The molecule has 1 aliphatic heterocycles. The maximum Gasteiger partial charge on any atom is 0.268 e. The predicted octanol–water partition coefficient (Wildman–Crippen LogP) is 3.94. The minimum Gasteiger partial charge on any atom is -0.491 e. The molecule has 3 nitrogen and oxygen atoms in total. The molecule has 0 N–H and O–H groups in total. The summed E-state index contributed by atoms with van der Waals surface area (Å²) in [5.74, 6) is 0.817. The normalized spacial score (nSPS) is 14.5. The molecule has 0 aliphatic carbocycles. The summed E-state index contributed by atoms with van der Waals surface area (Å²) in [5, 5.41) is 0. The first-order valence-electron chi connectivity index (χ1n) is 6.05. The Kier molecular flexibility index (Phi) is 3.57. The Morgan fingerprint density at radius 1 is 1.26 bits per heavy atom. The average Bonchev–Trinajstić information content (AvgIpc) is 2.74. The van der Waals surface area contributed by atoms with Gasteiger partial charge in [0, 0.05) is 6.54 Å². The fraction of sp³-hybridized carbons (Fsp3) is 0.214. The van der Waals surface area contributed by atoms with Crippen molar-refractivity contribution in [3.05, 3.63) is 45.1 Å². The molecule has 0 saturated carbocycles. The van der Waals surface area contributed by atoms with Gasteiger partial charge in [0.05, 0.1) is 21.0 Å². The van der Waals surface area contributed by atoms with Crippen molar-refractivity contribution in [3.8, 4) is 5.75 Å². The minimum atomic E-state index is 0.0358. The van der Waals surface area contributed by atoms with Crippen molar-refractivity contribution in [2.45, 2.75) is 6.42 Å². The molecule has 1 amide bonds. The van der Waals surface area contributed by atoms with Crippen LogP contribution in [0.4, 0.5) is 5.69 Å². The number of anilines is 1. The topological polar surface area (TPSA) is 29.5 Å². The number of benzene rings is 1. The van der Waals surface area contributed by atoms with Crippen LogP contribution >= 0.6 is 27.3 Å². The first kappa shape index (κ1) is 12.7. The van der Waals surface area contributed by atoms with Crippen LogP contribution in [0.25, 0.3) is 0 Å². The summed E-state index contributed by atoms with van der Waals surface area (Å²) in [5.41, 5.74) is 0.856. The second-order valence-corrected chi connectivity index (χ2v) is 6.69. The van der Waals surface area contributed by atoms with Crippen LogP contribution in [-0.2, 0) is 0 Å². The summed E-state index contributed by atoms with van der Waals surface area (Å²) in [6, 6.07) is 11.4. The SMILES string of the molecule is O=C(c1ccc(Br)s1)N1CCCOc2ccccc21. The lowest BCUT2D eigenvalue weighted by atomic mass is 10.2. The molecule has 0 spiro atoms. The van der Waals surface area contributed by atoms with Gasteiger partial charge in [0.15, 0.2) is 0 Å². The lowest BCUT2D eigenvalue weighted by Gasteiger charge is -2.20. The molecule has 19 heavy (non-hydrogen) atoms. The zero-order valence-electron chi connectivity index (χ0n) is 10.1. The highest BCUT2D eigenvalue weighted by molar-refractivity contribution is 9.11. The van der Waals surface area contributed by atoms with E-state index in [4.69, 9.17) is 4.74 Å². The molecule has 0 bridgehead atoms. The van der Waals surface area contributed by atoms with Crippen molar-refractivity contribution in [1.29, 1.82) is 0 Å². The maximum atomic E-state index is 12.6. The smallest absolute Gasteiger partial charge is 0.268 e. The zero-order chi connectivity index (χ0) is 13.2. The number of carbonyl (C=O) groups is 1. The molecule has 5 heteroatoms. The number of rotatable bonds is 1. The number of hydrogen-bond donors (Lipinski definition) is 0. The quantitative estimate of drug-likeness (QED) is 0.788. The fourth-order valence-corrected chi connectivity index (χ4v) is 3.44. The average molecular weight is 338 g/mol. The van der Waals surface area contributed by atoms with Crippen LogP contribution in [0.5, 0.6) is 5.75 Å². The van der Waals surface area contributed by atoms with E-state index in [1.165, 1.54) is 11.3 Å². The molecule has 1 aromatic carbocycles. The van der Waals surface area contributed by atoms with Crippen molar-refractivity contribution >= 4 is 38.9 Å². The van der Waals surface area contributed by atoms with E-state index in [1.807, 2.05) is 36.4 Å². The van der Waals surface area contributed by atoms with E-state index in [9.17, 15) is 4.79 Å². The van der Waals surface area contributed by atoms with Gasteiger partial charge in [0.2, 0.25) is 0 Å². The van der Waals surface area contributed by atoms with Gasteiger partial charge in [0.1, 0.15) is 5.75 Å². The third-order valence-electron chi connectivity index (χ3n) is 2.97. The van der Waals surface area contributed by atoms with Gasteiger partial charge in [-0.1, -0.05) is 12.1 Å². The van der Waals surface area contributed by atoms with Crippen LogP contribution in [0.3, 0.4) is 0 Å². The van der Waals surface area contributed by atoms with Gasteiger partial charge in [-0.15, -0.1) is 11.3 Å². The standard InChI is InChI=1S/C14H12BrNO2S/c15-13-7-6-12(19-13)14(17)16-8-3-9-18-11-5-2-1-4-10(11)16/h1-2,4-7H,3,8-9H2. The van der Waals surface area contributed by atoms with E-state index < -0.39 is 0 Å². The molecule has 3 rings (SSSR count). The summed E-state index contributed by atoms with van der Waals surface area (Å²) in [6.07, 6.45) is 0.840. The van der Waals surface area contributed by atoms with Crippen LogP contribution in [0.1, 0.15) is 16.1 Å². The first-order valence-corrected chi connectivity index (χ1v) is 7.66. The highest BCUT2D eigenvalue weighted by Crippen LogP contribution is 2.33. The van der Waals surface area contributed by atoms with Gasteiger partial charge in [-0.2, -0.15) is 0 Å². The number of thiophene rings is 1. The molecule has 0 atom stereocenters. The Morgan fingerprint density at radius 3 is 2.89 bits per heavy atom. The summed E-state index contributed by atoms with van der Waals surface area (Å²) in [6.45, 7) is 1.33. The number of para-hydroxylation sites is 2. The molecule has 2 aromatic rings. The van der Waals surface area contributed by atoms with E-state index in [-0.39, 0.29) is 5.91 Å². The number of fused-ring (bicyclic) bond motifs is 1. The van der Waals surface area contributed by atoms with E-state index >= 15 is 0 Å². The highest BCUT2D eigenvalue weighted by atomic mass is 79.9. The first-order chi connectivity index (χ1) is 9.25. The second-order valence-electron chi connectivity index (χ2n) is 4.23. The maximum absolute atomic E-state index is 12.6. The minimum absolute atomic E-state index is 0.0358. The second kappa shape index (κ2) is 5.35. The Morgan fingerprint density at radius 2 is 2.11 bits per heavy atom. The van der Waals surface area contributed by atoms with Crippen LogP contribution in [0, 0.1) is 0 Å². The summed E-state index contributed by atoms with van der Waals surface area (Å²) < 4.78 is 6.64. The predicted molar refractivity (Wildman–Crippen MR) is 80.2 cm³/mol. The molecule has 0 unspecified atom stereocenters. The number of hydrogen-bond acceptors (Lipinski definition) is 3. The Hall–Kier alpha value is -1.33. The van der Waals surface area contributed by atoms with Gasteiger partial charge < -0.3 is 9.64 Å². The molecular formula is C14H12BrNO2S. The molecule has 98 valence electrons. The van der Waals surface area contributed by atoms with Crippen LogP contribution in [0.15, 0.2) is 40.2 Å². The van der Waals surface area contributed by atoms with Gasteiger partial charge in [-0.25, -0.2) is 0 Å². The lowest BCUT2D eigenvalue weighted by Crippen LogP contribution is -2.30. The van der Waals surface area contributed by atoms with E-state index in [0.717, 1.165) is 26.5 Å². The van der Waals surface area contributed by atoms with Crippen molar-refractivity contribution in [3.63, 3.8) is 0 Å². The van der Waals surface area contributed by atoms with Gasteiger partial charge in [-0.3, -0.25) is 4.79 Å². The lowest BCUT2D eigenvalue weighted by molar-refractivity contribution is 0.0991. The molecule has 0 radical (unpaired) electrons. The van der Waals surface area contributed by atoms with Crippen LogP contribution in [0.2, 0.25) is 0 Å². The number of ether oxygens (including phenoxy) is 1.